The third-order valence-electron chi connectivity index (χ3n) is 5.47. The Labute approximate surface area is 176 Å². The van der Waals surface area contributed by atoms with Gasteiger partial charge in [0.1, 0.15) is 17.9 Å². The molecular weight excluding hydrogens is 415 g/mol. The number of urea groups is 1. The molecule has 0 aliphatic carbocycles. The van der Waals surface area contributed by atoms with Crippen LogP contribution in [0.15, 0.2) is 35.9 Å². The van der Waals surface area contributed by atoms with Crippen molar-refractivity contribution in [3.05, 3.63) is 41.5 Å². The first-order valence-electron chi connectivity index (χ1n) is 9.84. The minimum atomic E-state index is -4.55. The fraction of sp³-hybridized carbons (Fsp3) is 0.474. The molecule has 3 aliphatic rings. The number of allylic oxidation sites excluding steroid dienone is 1. The number of carbonyl (C=O) groups is 2. The number of anilines is 1. The first-order valence-corrected chi connectivity index (χ1v) is 9.84. The summed E-state index contributed by atoms with van der Waals surface area (Å²) in [5.41, 5.74) is 1.54. The van der Waals surface area contributed by atoms with Gasteiger partial charge in [-0.25, -0.2) is 4.79 Å². The van der Waals surface area contributed by atoms with Gasteiger partial charge in [-0.05, 0) is 38.0 Å². The Balaban J connectivity index is 1.54. The van der Waals surface area contributed by atoms with Crippen molar-refractivity contribution in [1.29, 1.82) is 0 Å². The van der Waals surface area contributed by atoms with Crippen molar-refractivity contribution >= 4 is 17.8 Å². The molecule has 12 heteroatoms. The molecule has 166 valence electrons. The summed E-state index contributed by atoms with van der Waals surface area (Å²) in [5, 5.41) is 15.3. The van der Waals surface area contributed by atoms with Crippen LogP contribution in [0.5, 0.6) is 0 Å². The van der Waals surface area contributed by atoms with Crippen LogP contribution in [-0.2, 0) is 4.79 Å². The zero-order chi connectivity index (χ0) is 22.3. The number of alkyl halides is 3. The summed E-state index contributed by atoms with van der Waals surface area (Å²) in [7, 11) is 0. The van der Waals surface area contributed by atoms with Crippen LogP contribution < -0.4 is 16.0 Å². The molecule has 0 radical (unpaired) electrons. The number of dihydropyridines is 1. The molecule has 1 unspecified atom stereocenters. The summed E-state index contributed by atoms with van der Waals surface area (Å²) in [6.07, 6.45) is 0.900. The summed E-state index contributed by atoms with van der Waals surface area (Å²) >= 11 is 0. The average Bonchev–Trinajstić information content (AvgIpc) is 3.11. The van der Waals surface area contributed by atoms with Crippen molar-refractivity contribution in [2.75, 3.05) is 18.4 Å². The Hall–Kier alpha value is -3.31. The maximum absolute atomic E-state index is 13.1. The van der Waals surface area contributed by atoms with Gasteiger partial charge in [0.2, 0.25) is 5.91 Å². The quantitative estimate of drug-likeness (QED) is 0.662. The van der Waals surface area contributed by atoms with Crippen molar-refractivity contribution in [2.45, 2.75) is 44.6 Å². The molecule has 1 aromatic heterocycles. The van der Waals surface area contributed by atoms with Gasteiger partial charge < -0.3 is 15.5 Å². The molecule has 2 bridgehead atoms. The number of nitrogens with one attached hydrogen (secondary N) is 3. The fourth-order valence-corrected chi connectivity index (χ4v) is 3.84. The van der Waals surface area contributed by atoms with Gasteiger partial charge in [0, 0.05) is 13.1 Å². The van der Waals surface area contributed by atoms with E-state index in [2.05, 4.69) is 25.7 Å². The van der Waals surface area contributed by atoms with Crippen LogP contribution >= 0.6 is 0 Å². The predicted octanol–water partition coefficient (Wildman–Crippen LogP) is 1.47. The molecule has 0 spiro atoms. The van der Waals surface area contributed by atoms with Crippen LogP contribution in [0.2, 0.25) is 0 Å². The molecule has 31 heavy (non-hydrogen) atoms. The van der Waals surface area contributed by atoms with Gasteiger partial charge >= 0.3 is 12.2 Å². The van der Waals surface area contributed by atoms with Crippen molar-refractivity contribution in [1.82, 2.24) is 30.6 Å². The zero-order valence-corrected chi connectivity index (χ0v) is 16.9. The molecule has 4 rings (SSSR count). The molecule has 1 fully saturated rings. The number of halogens is 3. The lowest BCUT2D eigenvalue weighted by molar-refractivity contribution is -0.158. The first-order chi connectivity index (χ1) is 14.6. The number of carbonyl (C=O) groups excluding carboxylic acids is 2. The highest BCUT2D eigenvalue weighted by molar-refractivity contribution is 5.91. The Morgan fingerprint density at radius 3 is 2.84 bits per heavy atom. The molecule has 0 aromatic carbocycles. The van der Waals surface area contributed by atoms with Gasteiger partial charge in [0.25, 0.3) is 0 Å². The first kappa shape index (κ1) is 20.9. The van der Waals surface area contributed by atoms with Gasteiger partial charge in [-0.2, -0.15) is 18.3 Å². The number of aryl methyl sites for hydroxylation is 1. The molecular formula is C19H22F3N7O2. The lowest BCUT2D eigenvalue weighted by atomic mass is 10.1. The molecule has 3 atom stereocenters. The summed E-state index contributed by atoms with van der Waals surface area (Å²) in [5.74, 6) is -0.160. The van der Waals surface area contributed by atoms with Gasteiger partial charge in [0.05, 0.1) is 17.9 Å². The van der Waals surface area contributed by atoms with E-state index in [0.29, 0.717) is 18.1 Å². The van der Waals surface area contributed by atoms with Gasteiger partial charge in [-0.3, -0.25) is 15.0 Å². The lowest BCUT2D eigenvalue weighted by Crippen LogP contribution is -2.57. The maximum Gasteiger partial charge on any atom is 0.408 e. The second-order valence-electron chi connectivity index (χ2n) is 7.79. The Morgan fingerprint density at radius 1 is 1.35 bits per heavy atom. The van der Waals surface area contributed by atoms with Gasteiger partial charge in [-0.1, -0.05) is 6.08 Å². The minimum Gasteiger partial charge on any atom is -0.366 e. The molecule has 3 N–H and O–H groups in total. The van der Waals surface area contributed by atoms with E-state index in [9.17, 15) is 22.8 Å². The van der Waals surface area contributed by atoms with Crippen molar-refractivity contribution in [3.63, 3.8) is 0 Å². The molecule has 0 saturated carbocycles. The largest absolute Gasteiger partial charge is 0.408 e. The average molecular weight is 437 g/mol. The molecule has 1 aromatic rings. The summed E-state index contributed by atoms with van der Waals surface area (Å²) in [6.45, 7) is 4.05. The number of amides is 3. The SMILES string of the molecule is Cc1cnnc(NC(=O)N2C3=C(C=CC(C(=O)N[C@H](C)C(F)(F)F)N3)N3CC[C@H]2C3)c1. The highest BCUT2D eigenvalue weighted by atomic mass is 19.4. The monoisotopic (exact) mass is 437 g/mol. The predicted molar refractivity (Wildman–Crippen MR) is 104 cm³/mol. The third-order valence-corrected chi connectivity index (χ3v) is 5.47. The summed E-state index contributed by atoms with van der Waals surface area (Å²) in [4.78, 5) is 29.1. The number of hydrogen-bond donors (Lipinski definition) is 3. The molecule has 4 heterocycles. The topological polar surface area (TPSA) is 102 Å². The highest BCUT2D eigenvalue weighted by Gasteiger charge is 2.43. The number of rotatable bonds is 3. The van der Waals surface area contributed by atoms with Crippen LogP contribution in [-0.4, -0.2) is 69.3 Å². The van der Waals surface area contributed by atoms with Gasteiger partial charge in [0.15, 0.2) is 5.82 Å². The van der Waals surface area contributed by atoms with Gasteiger partial charge in [-0.15, -0.1) is 5.10 Å². The lowest BCUT2D eigenvalue weighted by Gasteiger charge is -2.41. The number of aromatic nitrogens is 2. The van der Waals surface area contributed by atoms with Crippen molar-refractivity contribution < 1.29 is 22.8 Å². The number of fused-ring (bicyclic) bond motifs is 3. The second-order valence-corrected chi connectivity index (χ2v) is 7.79. The number of nitrogens with zero attached hydrogens (tertiary/aromatic N) is 4. The Kier molecular flexibility index (Phi) is 5.23. The van der Waals surface area contributed by atoms with Crippen molar-refractivity contribution in [3.8, 4) is 0 Å². The van der Waals surface area contributed by atoms with Crippen LogP contribution in [0.4, 0.5) is 23.8 Å². The standard InChI is InChI=1S/C19H22F3N7O2/c1-10-7-15(27-23-8-10)26-18(31)29-12-5-6-28(9-12)14-4-3-13(25-16(14)29)17(30)24-11(2)19(20,21)22/h3-4,7-8,11-13,25H,5-6,9H2,1-2H3,(H,24,30)(H,26,27,31)/t11-,12+,13?/m1/s1. The highest BCUT2D eigenvalue weighted by Crippen LogP contribution is 2.33. The molecule has 3 amide bonds. The molecule has 3 aliphatic heterocycles. The van der Waals surface area contributed by atoms with Crippen LogP contribution in [0, 0.1) is 6.92 Å². The van der Waals surface area contributed by atoms with Crippen LogP contribution in [0.1, 0.15) is 18.9 Å². The van der Waals surface area contributed by atoms with Crippen LogP contribution in [0.25, 0.3) is 0 Å². The maximum atomic E-state index is 13.1. The summed E-state index contributed by atoms with van der Waals surface area (Å²) < 4.78 is 38.5. The minimum absolute atomic E-state index is 0.145. The van der Waals surface area contributed by atoms with E-state index in [0.717, 1.165) is 25.5 Å². The van der Waals surface area contributed by atoms with E-state index in [-0.39, 0.29) is 11.9 Å². The second kappa shape index (κ2) is 7.75. The normalized spacial score (nSPS) is 23.3. The smallest absolute Gasteiger partial charge is 0.366 e. The molecule has 1 saturated heterocycles. The fourth-order valence-electron chi connectivity index (χ4n) is 3.84. The van der Waals surface area contributed by atoms with E-state index in [1.54, 1.807) is 18.3 Å². The Bertz CT molecular complexity index is 962. The van der Waals surface area contributed by atoms with Crippen LogP contribution in [0.3, 0.4) is 0 Å². The van der Waals surface area contributed by atoms with E-state index >= 15 is 0 Å². The summed E-state index contributed by atoms with van der Waals surface area (Å²) in [6, 6.07) is -1.96. The Morgan fingerprint density at radius 2 is 2.13 bits per heavy atom. The zero-order valence-electron chi connectivity index (χ0n) is 16.9. The van der Waals surface area contributed by atoms with E-state index in [1.807, 2.05) is 12.2 Å². The van der Waals surface area contributed by atoms with E-state index in [1.165, 1.54) is 11.0 Å². The third kappa shape index (κ3) is 4.14. The number of hydrogen-bond acceptors (Lipinski definition) is 6. The van der Waals surface area contributed by atoms with E-state index in [4.69, 9.17) is 0 Å². The van der Waals surface area contributed by atoms with E-state index < -0.39 is 30.2 Å². The van der Waals surface area contributed by atoms with Crippen molar-refractivity contribution in [2.24, 2.45) is 0 Å². The molecule has 9 nitrogen and oxygen atoms in total.